The third kappa shape index (κ3) is 6.46. The van der Waals surface area contributed by atoms with Crippen molar-refractivity contribution < 1.29 is 22.7 Å². The molecule has 1 aliphatic rings. The van der Waals surface area contributed by atoms with Gasteiger partial charge in [-0.15, -0.1) is 24.8 Å². The van der Waals surface area contributed by atoms with Gasteiger partial charge in [0.2, 0.25) is 5.91 Å². The Morgan fingerprint density at radius 3 is 2.14 bits per heavy atom. The topological polar surface area (TPSA) is 89.3 Å². The molecule has 1 amide bonds. The second-order valence-corrected chi connectivity index (χ2v) is 6.35. The summed E-state index contributed by atoms with van der Waals surface area (Å²) in [5, 5.41) is 5.68. The summed E-state index contributed by atoms with van der Waals surface area (Å²) in [6.45, 7) is 0.903. The Morgan fingerprint density at radius 1 is 1.03 bits per heavy atom. The quantitative estimate of drug-likeness (QED) is 0.648. The molecule has 160 valence electrons. The van der Waals surface area contributed by atoms with Crippen molar-refractivity contribution in [1.82, 2.24) is 4.98 Å². The number of nitrogens with zero attached hydrogens (tertiary/aromatic N) is 1. The number of hydrogen-bond acceptors (Lipinski definition) is 5. The monoisotopic (exact) mass is 452 g/mol. The number of aromatic nitrogens is 1. The van der Waals surface area contributed by atoms with Gasteiger partial charge in [-0.3, -0.25) is 4.79 Å². The van der Waals surface area contributed by atoms with Crippen LogP contribution in [0.2, 0.25) is 0 Å². The molecule has 1 aromatic carbocycles. The number of rotatable bonds is 4. The Kier molecular flexibility index (Phi) is 8.70. The lowest BCUT2D eigenvalue weighted by molar-refractivity contribution is -0.137. The summed E-state index contributed by atoms with van der Waals surface area (Å²) in [6, 6.07) is 8.92. The van der Waals surface area contributed by atoms with Gasteiger partial charge in [-0.25, -0.2) is 4.98 Å². The molecule has 0 aliphatic carbocycles. The van der Waals surface area contributed by atoms with Crippen molar-refractivity contribution in [2.75, 3.05) is 23.8 Å². The number of benzene rings is 1. The minimum absolute atomic E-state index is 0. The normalized spacial score (nSPS) is 15.4. The van der Waals surface area contributed by atoms with E-state index in [2.05, 4.69) is 15.6 Å². The number of carbonyl (C=O) groups excluding carboxylic acids is 1. The molecule has 0 atom stereocenters. The van der Waals surface area contributed by atoms with Gasteiger partial charge in [0, 0.05) is 30.8 Å². The van der Waals surface area contributed by atoms with Crippen molar-refractivity contribution >= 4 is 47.9 Å². The largest absolute Gasteiger partial charge is 0.417 e. The molecule has 11 heteroatoms. The van der Waals surface area contributed by atoms with Crippen LogP contribution in [0.4, 0.5) is 30.4 Å². The van der Waals surface area contributed by atoms with Crippen molar-refractivity contribution in [3.05, 3.63) is 48.2 Å². The lowest BCUT2D eigenvalue weighted by Gasteiger charge is -2.31. The zero-order chi connectivity index (χ0) is 19.5. The van der Waals surface area contributed by atoms with Crippen LogP contribution >= 0.6 is 24.8 Å². The van der Waals surface area contributed by atoms with Crippen molar-refractivity contribution in [2.24, 2.45) is 5.73 Å². The van der Waals surface area contributed by atoms with Crippen molar-refractivity contribution in [3.63, 3.8) is 0 Å². The number of pyridine rings is 1. The third-order valence-corrected chi connectivity index (χ3v) is 4.34. The Labute approximate surface area is 178 Å². The number of anilines is 3. The van der Waals surface area contributed by atoms with Crippen LogP contribution < -0.4 is 16.4 Å². The lowest BCUT2D eigenvalue weighted by atomic mass is 9.90. The number of nitrogens with one attached hydrogen (secondary N) is 2. The molecule has 2 heterocycles. The highest BCUT2D eigenvalue weighted by Gasteiger charge is 2.35. The Bertz CT molecular complexity index is 796. The first-order valence-electron chi connectivity index (χ1n) is 8.35. The molecule has 1 saturated heterocycles. The van der Waals surface area contributed by atoms with Gasteiger partial charge in [0.15, 0.2) is 0 Å². The standard InChI is InChI=1S/C18H19F3N4O2.2ClH/c19-18(20,21)12-1-6-15(23-11-12)24-13-2-4-14(5-3-13)25-16(26)17(22)7-9-27-10-8-17;;/h1-6,11H,7-10,22H2,(H,23,24)(H,25,26);2*1H. The van der Waals surface area contributed by atoms with Crippen LogP contribution in [0.1, 0.15) is 18.4 Å². The summed E-state index contributed by atoms with van der Waals surface area (Å²) >= 11 is 0. The van der Waals surface area contributed by atoms with Crippen LogP contribution in [-0.2, 0) is 15.7 Å². The Balaban J connectivity index is 0.00000210. The minimum atomic E-state index is -4.42. The molecule has 0 unspecified atom stereocenters. The molecule has 2 aromatic rings. The lowest BCUT2D eigenvalue weighted by Crippen LogP contribution is -2.54. The van der Waals surface area contributed by atoms with E-state index in [1.165, 1.54) is 6.07 Å². The molecule has 0 spiro atoms. The predicted molar refractivity (Wildman–Crippen MR) is 109 cm³/mol. The molecule has 1 aliphatic heterocycles. The summed E-state index contributed by atoms with van der Waals surface area (Å²) in [5.74, 6) is 0.0128. The molecule has 3 rings (SSSR count). The molecule has 4 N–H and O–H groups in total. The number of alkyl halides is 3. The number of halogens is 5. The number of amides is 1. The van der Waals surface area contributed by atoms with Gasteiger partial charge < -0.3 is 21.1 Å². The smallest absolute Gasteiger partial charge is 0.381 e. The fourth-order valence-corrected chi connectivity index (χ4v) is 2.64. The molecular weight excluding hydrogens is 432 g/mol. The molecule has 1 fully saturated rings. The number of nitrogens with two attached hydrogens (primary N) is 1. The highest BCUT2D eigenvalue weighted by Crippen LogP contribution is 2.29. The van der Waals surface area contributed by atoms with E-state index in [9.17, 15) is 18.0 Å². The van der Waals surface area contributed by atoms with Crippen molar-refractivity contribution in [2.45, 2.75) is 24.6 Å². The van der Waals surface area contributed by atoms with Crippen LogP contribution in [0.15, 0.2) is 42.6 Å². The zero-order valence-corrected chi connectivity index (χ0v) is 16.8. The Morgan fingerprint density at radius 2 is 1.62 bits per heavy atom. The van der Waals surface area contributed by atoms with Crippen LogP contribution in [0.3, 0.4) is 0 Å². The highest BCUT2D eigenvalue weighted by molar-refractivity contribution is 5.98. The molecular formula is C18H21Cl2F3N4O2. The van der Waals surface area contributed by atoms with E-state index in [-0.39, 0.29) is 36.5 Å². The average Bonchev–Trinajstić information content (AvgIpc) is 2.64. The fourth-order valence-electron chi connectivity index (χ4n) is 2.64. The van der Waals surface area contributed by atoms with Crippen molar-refractivity contribution in [1.29, 1.82) is 0 Å². The molecule has 0 radical (unpaired) electrons. The second kappa shape index (κ2) is 10.1. The van der Waals surface area contributed by atoms with E-state index in [0.717, 1.165) is 12.3 Å². The minimum Gasteiger partial charge on any atom is -0.381 e. The van der Waals surface area contributed by atoms with Gasteiger partial charge in [-0.2, -0.15) is 13.2 Å². The number of hydrogen-bond donors (Lipinski definition) is 3. The summed E-state index contributed by atoms with van der Waals surface area (Å²) in [7, 11) is 0. The van der Waals surface area contributed by atoms with E-state index < -0.39 is 17.3 Å². The highest BCUT2D eigenvalue weighted by atomic mass is 35.5. The number of carbonyl (C=O) groups is 1. The molecule has 0 saturated carbocycles. The third-order valence-electron chi connectivity index (χ3n) is 4.34. The van der Waals surface area contributed by atoms with Gasteiger partial charge >= 0.3 is 6.18 Å². The van der Waals surface area contributed by atoms with Gasteiger partial charge in [0.05, 0.1) is 5.56 Å². The summed E-state index contributed by atoms with van der Waals surface area (Å²) in [6.07, 6.45) is -2.74. The maximum Gasteiger partial charge on any atom is 0.417 e. The molecule has 29 heavy (non-hydrogen) atoms. The van der Waals surface area contributed by atoms with Crippen LogP contribution in [-0.4, -0.2) is 29.6 Å². The summed E-state index contributed by atoms with van der Waals surface area (Å²) < 4.78 is 42.9. The van der Waals surface area contributed by atoms with E-state index in [4.69, 9.17) is 10.5 Å². The first kappa shape index (κ1) is 25.0. The zero-order valence-electron chi connectivity index (χ0n) is 15.2. The van der Waals surface area contributed by atoms with E-state index in [1.54, 1.807) is 24.3 Å². The SMILES string of the molecule is Cl.Cl.NC1(C(=O)Nc2ccc(Nc3ccc(C(F)(F)F)cn3)cc2)CCOCC1. The maximum atomic E-state index is 12.5. The van der Waals surface area contributed by atoms with E-state index >= 15 is 0 Å². The fraction of sp³-hybridized carbons (Fsp3) is 0.333. The van der Waals surface area contributed by atoms with Crippen LogP contribution in [0.25, 0.3) is 0 Å². The second-order valence-electron chi connectivity index (χ2n) is 6.35. The van der Waals surface area contributed by atoms with Crippen LogP contribution in [0.5, 0.6) is 0 Å². The van der Waals surface area contributed by atoms with Gasteiger partial charge in [-0.1, -0.05) is 0 Å². The van der Waals surface area contributed by atoms with E-state index in [1.807, 2.05) is 0 Å². The predicted octanol–water partition coefficient (Wildman–Crippen LogP) is 4.13. The van der Waals surface area contributed by atoms with Gasteiger partial charge in [-0.05, 0) is 49.2 Å². The summed E-state index contributed by atoms with van der Waals surface area (Å²) in [4.78, 5) is 16.1. The maximum absolute atomic E-state index is 12.5. The Hall–Kier alpha value is -2.07. The van der Waals surface area contributed by atoms with Gasteiger partial charge in [0.25, 0.3) is 0 Å². The number of ether oxygens (including phenoxy) is 1. The summed E-state index contributed by atoms with van der Waals surface area (Å²) in [5.41, 5.74) is 5.57. The van der Waals surface area contributed by atoms with Crippen LogP contribution in [0, 0.1) is 0 Å². The first-order valence-corrected chi connectivity index (χ1v) is 8.35. The van der Waals surface area contributed by atoms with Gasteiger partial charge in [0.1, 0.15) is 11.4 Å². The molecule has 6 nitrogen and oxygen atoms in total. The molecule has 1 aromatic heterocycles. The van der Waals surface area contributed by atoms with E-state index in [0.29, 0.717) is 37.4 Å². The first-order chi connectivity index (χ1) is 12.8. The molecule has 0 bridgehead atoms. The average molecular weight is 453 g/mol. The van der Waals surface area contributed by atoms with Crippen molar-refractivity contribution in [3.8, 4) is 0 Å².